The van der Waals surface area contributed by atoms with Crippen LogP contribution < -0.4 is 5.32 Å². The molecule has 0 bridgehead atoms. The fourth-order valence-corrected chi connectivity index (χ4v) is 2.85. The van der Waals surface area contributed by atoms with Crippen LogP contribution in [-0.2, 0) is 9.53 Å². The standard InChI is InChI=1S/C18H27NO2/c1-18(2,3)19-17(20)16(15-7-5-4-6-8-15)13-14-9-11-21-12-10-14/h4-8,14,16H,9-13H2,1-3H3,(H,19,20). The highest BCUT2D eigenvalue weighted by molar-refractivity contribution is 5.84. The highest BCUT2D eigenvalue weighted by Gasteiger charge is 2.28. The molecule has 0 spiro atoms. The largest absolute Gasteiger partial charge is 0.381 e. The van der Waals surface area contributed by atoms with Gasteiger partial charge in [0.1, 0.15) is 0 Å². The van der Waals surface area contributed by atoms with Crippen molar-refractivity contribution in [1.29, 1.82) is 0 Å². The predicted octanol–water partition coefficient (Wildman–Crippen LogP) is 3.50. The molecule has 3 heteroatoms. The summed E-state index contributed by atoms with van der Waals surface area (Å²) in [6.45, 7) is 7.74. The summed E-state index contributed by atoms with van der Waals surface area (Å²) in [5, 5.41) is 3.14. The van der Waals surface area contributed by atoms with Crippen molar-refractivity contribution in [3.63, 3.8) is 0 Å². The molecule has 1 fully saturated rings. The number of carbonyl (C=O) groups is 1. The van der Waals surface area contributed by atoms with Crippen molar-refractivity contribution >= 4 is 5.91 Å². The van der Waals surface area contributed by atoms with Crippen molar-refractivity contribution < 1.29 is 9.53 Å². The van der Waals surface area contributed by atoms with E-state index in [-0.39, 0.29) is 17.4 Å². The average molecular weight is 289 g/mol. The molecule has 1 aromatic carbocycles. The maximum atomic E-state index is 12.7. The first-order chi connectivity index (χ1) is 9.96. The summed E-state index contributed by atoms with van der Waals surface area (Å²) in [5.41, 5.74) is 0.922. The number of rotatable bonds is 4. The minimum Gasteiger partial charge on any atom is -0.381 e. The van der Waals surface area contributed by atoms with Crippen molar-refractivity contribution in [2.45, 2.75) is 51.5 Å². The van der Waals surface area contributed by atoms with Crippen LogP contribution in [0.25, 0.3) is 0 Å². The second-order valence-corrected chi connectivity index (χ2v) is 6.99. The average Bonchev–Trinajstić information content (AvgIpc) is 2.45. The van der Waals surface area contributed by atoms with Gasteiger partial charge in [-0.3, -0.25) is 4.79 Å². The van der Waals surface area contributed by atoms with Crippen LogP contribution in [0.4, 0.5) is 0 Å². The van der Waals surface area contributed by atoms with E-state index in [2.05, 4.69) is 17.4 Å². The first-order valence-corrected chi connectivity index (χ1v) is 7.90. The number of hydrogen-bond acceptors (Lipinski definition) is 2. The fourth-order valence-electron chi connectivity index (χ4n) is 2.85. The lowest BCUT2D eigenvalue weighted by molar-refractivity contribution is -0.124. The van der Waals surface area contributed by atoms with Gasteiger partial charge < -0.3 is 10.1 Å². The Morgan fingerprint density at radius 2 is 1.86 bits per heavy atom. The molecule has 2 rings (SSSR count). The molecule has 1 saturated heterocycles. The molecule has 1 aromatic rings. The zero-order valence-electron chi connectivity index (χ0n) is 13.4. The van der Waals surface area contributed by atoms with E-state index in [9.17, 15) is 4.79 Å². The smallest absolute Gasteiger partial charge is 0.227 e. The fraction of sp³-hybridized carbons (Fsp3) is 0.611. The maximum Gasteiger partial charge on any atom is 0.227 e. The van der Waals surface area contributed by atoms with Gasteiger partial charge in [-0.15, -0.1) is 0 Å². The zero-order chi connectivity index (χ0) is 15.3. The van der Waals surface area contributed by atoms with Crippen LogP contribution in [0.15, 0.2) is 30.3 Å². The summed E-state index contributed by atoms with van der Waals surface area (Å²) in [5.74, 6) is 0.656. The predicted molar refractivity (Wildman–Crippen MR) is 85.2 cm³/mol. The maximum absolute atomic E-state index is 12.7. The minimum atomic E-state index is -0.195. The van der Waals surface area contributed by atoms with Gasteiger partial charge in [-0.1, -0.05) is 30.3 Å². The molecule has 116 valence electrons. The quantitative estimate of drug-likeness (QED) is 0.921. The van der Waals surface area contributed by atoms with Crippen LogP contribution in [0.5, 0.6) is 0 Å². The number of benzene rings is 1. The first-order valence-electron chi connectivity index (χ1n) is 7.90. The van der Waals surface area contributed by atoms with Gasteiger partial charge in [-0.25, -0.2) is 0 Å². The van der Waals surface area contributed by atoms with Crippen LogP contribution in [0.3, 0.4) is 0 Å². The van der Waals surface area contributed by atoms with E-state index in [0.717, 1.165) is 38.0 Å². The van der Waals surface area contributed by atoms with Crippen molar-refractivity contribution in [2.24, 2.45) is 5.92 Å². The van der Waals surface area contributed by atoms with Gasteiger partial charge in [-0.05, 0) is 51.5 Å². The van der Waals surface area contributed by atoms with Crippen LogP contribution in [0.1, 0.15) is 51.5 Å². The molecule has 1 N–H and O–H groups in total. The Morgan fingerprint density at radius 1 is 1.24 bits per heavy atom. The van der Waals surface area contributed by atoms with E-state index in [0.29, 0.717) is 5.92 Å². The van der Waals surface area contributed by atoms with E-state index in [1.54, 1.807) is 0 Å². The topological polar surface area (TPSA) is 38.3 Å². The monoisotopic (exact) mass is 289 g/mol. The Hall–Kier alpha value is -1.35. The molecular weight excluding hydrogens is 262 g/mol. The number of nitrogens with one attached hydrogen (secondary N) is 1. The highest BCUT2D eigenvalue weighted by Crippen LogP contribution is 2.30. The van der Waals surface area contributed by atoms with Crippen molar-refractivity contribution in [3.8, 4) is 0 Å². The lowest BCUT2D eigenvalue weighted by Gasteiger charge is -2.29. The number of ether oxygens (including phenoxy) is 1. The molecule has 1 heterocycles. The molecule has 1 amide bonds. The van der Waals surface area contributed by atoms with Gasteiger partial charge >= 0.3 is 0 Å². The minimum absolute atomic E-state index is 0.0616. The van der Waals surface area contributed by atoms with Gasteiger partial charge in [0.2, 0.25) is 5.91 Å². The number of amides is 1. The van der Waals surface area contributed by atoms with Gasteiger partial charge in [0.15, 0.2) is 0 Å². The normalized spacial score (nSPS) is 18.2. The third-order valence-electron chi connectivity index (χ3n) is 3.93. The summed E-state index contributed by atoms with van der Waals surface area (Å²) in [6, 6.07) is 10.1. The Morgan fingerprint density at radius 3 is 2.43 bits per heavy atom. The van der Waals surface area contributed by atoms with Crippen molar-refractivity contribution in [3.05, 3.63) is 35.9 Å². The lowest BCUT2D eigenvalue weighted by Crippen LogP contribution is -2.43. The Labute approximate surface area is 128 Å². The van der Waals surface area contributed by atoms with Crippen molar-refractivity contribution in [1.82, 2.24) is 5.32 Å². The third-order valence-corrected chi connectivity index (χ3v) is 3.93. The number of hydrogen-bond donors (Lipinski definition) is 1. The van der Waals surface area contributed by atoms with E-state index in [1.165, 1.54) is 0 Å². The van der Waals surface area contributed by atoms with E-state index in [4.69, 9.17) is 4.74 Å². The molecule has 1 atom stereocenters. The summed E-state index contributed by atoms with van der Waals surface area (Å²) in [6.07, 6.45) is 3.04. The molecular formula is C18H27NO2. The highest BCUT2D eigenvalue weighted by atomic mass is 16.5. The molecule has 1 aliphatic heterocycles. The van der Waals surface area contributed by atoms with Gasteiger partial charge in [0, 0.05) is 18.8 Å². The second-order valence-electron chi connectivity index (χ2n) is 6.99. The van der Waals surface area contributed by atoms with E-state index < -0.39 is 0 Å². The Bertz CT molecular complexity index is 444. The molecule has 0 aliphatic carbocycles. The van der Waals surface area contributed by atoms with Crippen molar-refractivity contribution in [2.75, 3.05) is 13.2 Å². The SMILES string of the molecule is CC(C)(C)NC(=O)C(CC1CCOCC1)c1ccccc1. The molecule has 3 nitrogen and oxygen atoms in total. The molecule has 0 saturated carbocycles. The Kier molecular flexibility index (Phi) is 5.40. The first kappa shape index (κ1) is 16.0. The molecule has 21 heavy (non-hydrogen) atoms. The third kappa shape index (κ3) is 5.16. The Balaban J connectivity index is 2.12. The van der Waals surface area contributed by atoms with E-state index >= 15 is 0 Å². The summed E-state index contributed by atoms with van der Waals surface area (Å²) in [4.78, 5) is 12.7. The van der Waals surface area contributed by atoms with Crippen LogP contribution >= 0.6 is 0 Å². The molecule has 0 aromatic heterocycles. The van der Waals surface area contributed by atoms with Gasteiger partial charge in [0.25, 0.3) is 0 Å². The molecule has 1 unspecified atom stereocenters. The van der Waals surface area contributed by atoms with Gasteiger partial charge in [-0.2, -0.15) is 0 Å². The lowest BCUT2D eigenvalue weighted by atomic mass is 9.84. The van der Waals surface area contributed by atoms with Crippen LogP contribution in [0, 0.1) is 5.92 Å². The van der Waals surface area contributed by atoms with Crippen LogP contribution in [-0.4, -0.2) is 24.7 Å². The van der Waals surface area contributed by atoms with E-state index in [1.807, 2.05) is 39.0 Å². The summed E-state index contributed by atoms with van der Waals surface area (Å²) in [7, 11) is 0. The summed E-state index contributed by atoms with van der Waals surface area (Å²) >= 11 is 0. The summed E-state index contributed by atoms with van der Waals surface area (Å²) < 4.78 is 5.43. The molecule has 0 radical (unpaired) electrons. The van der Waals surface area contributed by atoms with Gasteiger partial charge in [0.05, 0.1) is 5.92 Å². The zero-order valence-corrected chi connectivity index (χ0v) is 13.4. The van der Waals surface area contributed by atoms with Crippen LogP contribution in [0.2, 0.25) is 0 Å². The number of carbonyl (C=O) groups excluding carboxylic acids is 1. The second kappa shape index (κ2) is 7.08. The molecule has 1 aliphatic rings.